The summed E-state index contributed by atoms with van der Waals surface area (Å²) in [6, 6.07) is 6.97. The number of benzene rings is 2. The Morgan fingerprint density at radius 2 is 1.77 bits per heavy atom. The Labute approximate surface area is 126 Å². The number of hydrogen-bond donors (Lipinski definition) is 4. The van der Waals surface area contributed by atoms with Crippen molar-refractivity contribution in [2.24, 2.45) is 0 Å². The van der Waals surface area contributed by atoms with E-state index in [-0.39, 0.29) is 23.0 Å². The highest BCUT2D eigenvalue weighted by molar-refractivity contribution is 5.51. The number of rotatable bonds is 2. The average Bonchev–Trinajstić information content (AvgIpc) is 2.49. The molecule has 6 heteroatoms. The van der Waals surface area contributed by atoms with Crippen LogP contribution in [0.1, 0.15) is 17.5 Å². The summed E-state index contributed by atoms with van der Waals surface area (Å²) in [7, 11) is 1.47. The molecule has 4 N–H and O–H groups in total. The van der Waals surface area contributed by atoms with Gasteiger partial charge < -0.3 is 29.9 Å². The van der Waals surface area contributed by atoms with E-state index in [0.717, 1.165) is 0 Å². The normalized spacial score (nSPS) is 20.2. The third-order valence-corrected chi connectivity index (χ3v) is 3.89. The lowest BCUT2D eigenvalue weighted by molar-refractivity contribution is -0.184. The van der Waals surface area contributed by atoms with Gasteiger partial charge in [0.2, 0.25) is 5.79 Å². The predicted octanol–water partition coefficient (Wildman–Crippen LogP) is 2.33. The van der Waals surface area contributed by atoms with Crippen LogP contribution in [0.2, 0.25) is 0 Å². The second-order valence-corrected chi connectivity index (χ2v) is 5.20. The summed E-state index contributed by atoms with van der Waals surface area (Å²) < 4.78 is 11.4. The number of methoxy groups -OCH3 is 1. The van der Waals surface area contributed by atoms with Crippen molar-refractivity contribution < 1.29 is 29.9 Å². The third-order valence-electron chi connectivity index (χ3n) is 3.89. The molecule has 0 amide bonds. The second-order valence-electron chi connectivity index (χ2n) is 5.20. The van der Waals surface area contributed by atoms with Crippen LogP contribution in [0, 0.1) is 0 Å². The first-order chi connectivity index (χ1) is 10.4. The maximum Gasteiger partial charge on any atom is 0.237 e. The lowest BCUT2D eigenvalue weighted by atomic mass is 9.93. The van der Waals surface area contributed by atoms with Gasteiger partial charge in [-0.15, -0.1) is 0 Å². The van der Waals surface area contributed by atoms with Crippen molar-refractivity contribution >= 4 is 0 Å². The largest absolute Gasteiger partial charge is 0.508 e. The molecular weight excluding hydrogens is 288 g/mol. The van der Waals surface area contributed by atoms with Crippen molar-refractivity contribution in [3.63, 3.8) is 0 Å². The first kappa shape index (κ1) is 14.3. The quantitative estimate of drug-likeness (QED) is 0.636. The molecule has 0 saturated heterocycles. The van der Waals surface area contributed by atoms with Crippen LogP contribution < -0.4 is 4.74 Å². The van der Waals surface area contributed by atoms with Crippen molar-refractivity contribution in [2.75, 3.05) is 7.11 Å². The zero-order valence-electron chi connectivity index (χ0n) is 11.9. The van der Waals surface area contributed by atoms with Gasteiger partial charge in [0.25, 0.3) is 0 Å². The van der Waals surface area contributed by atoms with Gasteiger partial charge in [-0.2, -0.15) is 0 Å². The molecule has 6 nitrogen and oxygen atoms in total. The maximum absolute atomic E-state index is 9.88. The van der Waals surface area contributed by atoms with Gasteiger partial charge >= 0.3 is 0 Å². The first-order valence-corrected chi connectivity index (χ1v) is 6.76. The molecule has 116 valence electrons. The highest BCUT2D eigenvalue weighted by atomic mass is 16.7. The average molecular weight is 304 g/mol. The molecule has 0 fully saturated rings. The van der Waals surface area contributed by atoms with Crippen molar-refractivity contribution in [3.8, 4) is 28.7 Å². The van der Waals surface area contributed by atoms with Gasteiger partial charge in [0.15, 0.2) is 11.5 Å². The SMILES string of the molecule is COC1(c2ccc(O)c(O)c2)CCc2c(O)cc(O)cc2O1. The summed E-state index contributed by atoms with van der Waals surface area (Å²) in [6.45, 7) is 0. The zero-order chi connectivity index (χ0) is 15.9. The highest BCUT2D eigenvalue weighted by Gasteiger charge is 2.40. The molecule has 2 aromatic carbocycles. The van der Waals surface area contributed by atoms with Crippen LogP contribution in [0.3, 0.4) is 0 Å². The molecule has 1 unspecified atom stereocenters. The Bertz CT molecular complexity index is 727. The predicted molar refractivity (Wildman–Crippen MR) is 77.2 cm³/mol. The van der Waals surface area contributed by atoms with Crippen molar-refractivity contribution in [1.29, 1.82) is 0 Å². The van der Waals surface area contributed by atoms with E-state index in [0.29, 0.717) is 29.7 Å². The number of fused-ring (bicyclic) bond motifs is 1. The Balaban J connectivity index is 2.06. The summed E-state index contributed by atoms with van der Waals surface area (Å²) in [5, 5.41) is 38.6. The van der Waals surface area contributed by atoms with Crippen molar-refractivity contribution in [1.82, 2.24) is 0 Å². The minimum Gasteiger partial charge on any atom is -0.508 e. The van der Waals surface area contributed by atoms with E-state index in [4.69, 9.17) is 9.47 Å². The standard InChI is InChI=1S/C16H16O6/c1-21-16(9-2-3-12(18)14(20)6-9)5-4-11-13(19)7-10(17)8-15(11)22-16/h2-3,6-8,17-20H,4-5H2,1H3. The molecule has 0 aliphatic carbocycles. The van der Waals surface area contributed by atoms with Gasteiger partial charge in [0.1, 0.15) is 17.2 Å². The summed E-state index contributed by atoms with van der Waals surface area (Å²) >= 11 is 0. The number of aromatic hydroxyl groups is 4. The second kappa shape index (κ2) is 4.99. The molecule has 0 spiro atoms. The minimum atomic E-state index is -1.17. The summed E-state index contributed by atoms with van der Waals surface area (Å²) in [4.78, 5) is 0. The number of phenols is 4. The Morgan fingerprint density at radius 1 is 1.00 bits per heavy atom. The number of phenolic OH excluding ortho intramolecular Hbond substituents is 4. The molecule has 1 atom stereocenters. The molecule has 0 bridgehead atoms. The van der Waals surface area contributed by atoms with Gasteiger partial charge in [-0.1, -0.05) is 0 Å². The van der Waals surface area contributed by atoms with Gasteiger partial charge in [-0.25, -0.2) is 0 Å². The van der Waals surface area contributed by atoms with Crippen LogP contribution in [0.15, 0.2) is 30.3 Å². The summed E-state index contributed by atoms with van der Waals surface area (Å²) in [5.41, 5.74) is 1.12. The van der Waals surface area contributed by atoms with E-state index in [1.165, 1.54) is 31.4 Å². The molecule has 1 aliphatic rings. The molecular formula is C16H16O6. The maximum atomic E-state index is 9.88. The summed E-state index contributed by atoms with van der Waals surface area (Å²) in [5.74, 6) is -1.51. The topological polar surface area (TPSA) is 99.4 Å². The molecule has 0 radical (unpaired) electrons. The van der Waals surface area contributed by atoms with Crippen LogP contribution >= 0.6 is 0 Å². The van der Waals surface area contributed by atoms with Gasteiger partial charge in [0.05, 0.1) is 0 Å². The first-order valence-electron chi connectivity index (χ1n) is 6.76. The van der Waals surface area contributed by atoms with E-state index in [9.17, 15) is 20.4 Å². The number of hydrogen-bond acceptors (Lipinski definition) is 6. The fourth-order valence-corrected chi connectivity index (χ4v) is 2.70. The fourth-order valence-electron chi connectivity index (χ4n) is 2.70. The molecule has 2 aromatic rings. The fraction of sp³-hybridized carbons (Fsp3) is 0.250. The van der Waals surface area contributed by atoms with E-state index in [2.05, 4.69) is 0 Å². The third kappa shape index (κ3) is 2.17. The molecule has 1 heterocycles. The summed E-state index contributed by atoms with van der Waals surface area (Å²) in [6.07, 6.45) is 0.871. The van der Waals surface area contributed by atoms with E-state index >= 15 is 0 Å². The lowest BCUT2D eigenvalue weighted by Gasteiger charge is -2.37. The molecule has 22 heavy (non-hydrogen) atoms. The smallest absolute Gasteiger partial charge is 0.237 e. The van der Waals surface area contributed by atoms with Crippen LogP contribution in [-0.4, -0.2) is 27.5 Å². The minimum absolute atomic E-state index is 0.0340. The van der Waals surface area contributed by atoms with Crippen molar-refractivity contribution in [3.05, 3.63) is 41.5 Å². The monoisotopic (exact) mass is 304 g/mol. The van der Waals surface area contributed by atoms with Crippen LogP contribution in [-0.2, 0) is 16.9 Å². The highest BCUT2D eigenvalue weighted by Crippen LogP contribution is 2.45. The Kier molecular flexibility index (Phi) is 3.26. The van der Waals surface area contributed by atoms with E-state index < -0.39 is 5.79 Å². The zero-order valence-corrected chi connectivity index (χ0v) is 11.9. The lowest BCUT2D eigenvalue weighted by Crippen LogP contribution is -2.38. The Hall–Kier alpha value is -2.60. The van der Waals surface area contributed by atoms with Crippen molar-refractivity contribution in [2.45, 2.75) is 18.6 Å². The molecule has 0 saturated carbocycles. The molecule has 3 rings (SSSR count). The molecule has 1 aliphatic heterocycles. The van der Waals surface area contributed by atoms with Gasteiger partial charge in [-0.05, 0) is 24.6 Å². The van der Waals surface area contributed by atoms with Crippen LogP contribution in [0.25, 0.3) is 0 Å². The van der Waals surface area contributed by atoms with Crippen LogP contribution in [0.4, 0.5) is 0 Å². The van der Waals surface area contributed by atoms with Gasteiger partial charge in [0, 0.05) is 36.8 Å². The van der Waals surface area contributed by atoms with E-state index in [1.54, 1.807) is 6.07 Å². The molecule has 0 aromatic heterocycles. The van der Waals surface area contributed by atoms with Gasteiger partial charge in [-0.3, -0.25) is 0 Å². The van der Waals surface area contributed by atoms with Crippen LogP contribution in [0.5, 0.6) is 28.7 Å². The van der Waals surface area contributed by atoms with E-state index in [1.807, 2.05) is 0 Å². The Morgan fingerprint density at radius 3 is 2.45 bits per heavy atom. The number of ether oxygens (including phenoxy) is 2.